The summed E-state index contributed by atoms with van der Waals surface area (Å²) in [5.41, 5.74) is 2.72. The van der Waals surface area contributed by atoms with Crippen LogP contribution in [0.25, 0.3) is 6.08 Å². The summed E-state index contributed by atoms with van der Waals surface area (Å²) >= 11 is 0. The SMILES string of the molecule is O=C(/C=C/c1ccc(OCc2cccnc2)cc1)NCC(=O)OCc1ccccc1. The molecule has 152 valence electrons. The molecule has 0 unspecified atom stereocenters. The van der Waals surface area contributed by atoms with Crippen molar-refractivity contribution in [3.05, 3.63) is 102 Å². The number of nitrogens with one attached hydrogen (secondary N) is 1. The van der Waals surface area contributed by atoms with Gasteiger partial charge in [0.25, 0.3) is 0 Å². The predicted octanol–water partition coefficient (Wildman–Crippen LogP) is 3.53. The Hall–Kier alpha value is -3.93. The smallest absolute Gasteiger partial charge is 0.325 e. The summed E-state index contributed by atoms with van der Waals surface area (Å²) in [6.45, 7) is 0.434. The summed E-state index contributed by atoms with van der Waals surface area (Å²) in [5, 5.41) is 2.51. The van der Waals surface area contributed by atoms with Crippen molar-refractivity contribution in [2.45, 2.75) is 13.2 Å². The predicted molar refractivity (Wildman–Crippen MR) is 113 cm³/mol. The van der Waals surface area contributed by atoms with Crippen LogP contribution >= 0.6 is 0 Å². The number of carbonyl (C=O) groups excluding carboxylic acids is 2. The molecule has 2 aromatic carbocycles. The van der Waals surface area contributed by atoms with Gasteiger partial charge in [0.05, 0.1) is 0 Å². The lowest BCUT2D eigenvalue weighted by Gasteiger charge is -2.06. The monoisotopic (exact) mass is 402 g/mol. The molecule has 0 saturated carbocycles. The average Bonchev–Trinajstić information content (AvgIpc) is 2.80. The van der Waals surface area contributed by atoms with Crippen molar-refractivity contribution in [1.29, 1.82) is 0 Å². The van der Waals surface area contributed by atoms with Crippen LogP contribution in [0.15, 0.2) is 85.2 Å². The van der Waals surface area contributed by atoms with E-state index in [1.54, 1.807) is 18.5 Å². The Labute approximate surface area is 175 Å². The quantitative estimate of drug-likeness (QED) is 0.438. The molecular formula is C24H22N2O4. The first-order valence-corrected chi connectivity index (χ1v) is 9.46. The van der Waals surface area contributed by atoms with E-state index in [1.807, 2.05) is 66.7 Å². The second-order valence-electron chi connectivity index (χ2n) is 6.42. The largest absolute Gasteiger partial charge is 0.489 e. The molecule has 1 amide bonds. The number of pyridine rings is 1. The van der Waals surface area contributed by atoms with E-state index in [0.29, 0.717) is 6.61 Å². The van der Waals surface area contributed by atoms with E-state index in [-0.39, 0.29) is 19.1 Å². The van der Waals surface area contributed by atoms with Crippen molar-refractivity contribution in [2.24, 2.45) is 0 Å². The standard InChI is InChI=1S/C24H22N2O4/c27-23(26-16-24(28)30-17-20-5-2-1-3-6-20)13-10-19-8-11-22(12-9-19)29-18-21-7-4-14-25-15-21/h1-15H,16-18H2,(H,26,27)/b13-10+. The Morgan fingerprint density at radius 2 is 1.67 bits per heavy atom. The van der Waals surface area contributed by atoms with Crippen LogP contribution in [0.3, 0.4) is 0 Å². The van der Waals surface area contributed by atoms with Gasteiger partial charge in [-0.2, -0.15) is 0 Å². The minimum atomic E-state index is -0.490. The highest BCUT2D eigenvalue weighted by Crippen LogP contribution is 2.14. The summed E-state index contributed by atoms with van der Waals surface area (Å²) < 4.78 is 10.8. The van der Waals surface area contributed by atoms with Crippen LogP contribution in [0.5, 0.6) is 5.75 Å². The van der Waals surface area contributed by atoms with Gasteiger partial charge in [-0.05, 0) is 35.4 Å². The van der Waals surface area contributed by atoms with E-state index in [9.17, 15) is 9.59 Å². The number of aromatic nitrogens is 1. The van der Waals surface area contributed by atoms with Crippen molar-refractivity contribution >= 4 is 18.0 Å². The van der Waals surface area contributed by atoms with Crippen LogP contribution < -0.4 is 10.1 Å². The molecule has 0 aliphatic heterocycles. The first kappa shape index (κ1) is 20.8. The molecule has 0 bridgehead atoms. The van der Waals surface area contributed by atoms with Crippen LogP contribution in [0.2, 0.25) is 0 Å². The van der Waals surface area contributed by atoms with E-state index in [0.717, 1.165) is 22.4 Å². The minimum absolute atomic E-state index is 0.181. The molecule has 1 N–H and O–H groups in total. The van der Waals surface area contributed by atoms with Crippen molar-refractivity contribution in [3.63, 3.8) is 0 Å². The molecule has 0 aliphatic carbocycles. The van der Waals surface area contributed by atoms with Gasteiger partial charge in [-0.1, -0.05) is 48.5 Å². The zero-order chi connectivity index (χ0) is 21.0. The van der Waals surface area contributed by atoms with E-state index >= 15 is 0 Å². The fourth-order valence-electron chi connectivity index (χ4n) is 2.50. The number of benzene rings is 2. The van der Waals surface area contributed by atoms with Gasteiger partial charge in [-0.25, -0.2) is 0 Å². The molecule has 1 aromatic heterocycles. The summed E-state index contributed by atoms with van der Waals surface area (Å²) in [6.07, 6.45) is 6.51. The highest BCUT2D eigenvalue weighted by atomic mass is 16.5. The van der Waals surface area contributed by atoms with Gasteiger partial charge in [0.1, 0.15) is 25.5 Å². The van der Waals surface area contributed by atoms with Gasteiger partial charge >= 0.3 is 5.97 Å². The first-order valence-electron chi connectivity index (χ1n) is 9.46. The van der Waals surface area contributed by atoms with Gasteiger partial charge in [-0.3, -0.25) is 14.6 Å². The second-order valence-corrected chi connectivity index (χ2v) is 6.42. The molecule has 3 rings (SSSR count). The molecule has 30 heavy (non-hydrogen) atoms. The Bertz CT molecular complexity index is 971. The number of hydrogen-bond donors (Lipinski definition) is 1. The maximum atomic E-state index is 11.9. The van der Waals surface area contributed by atoms with Crippen LogP contribution in [-0.2, 0) is 27.5 Å². The number of nitrogens with zero attached hydrogens (tertiary/aromatic N) is 1. The van der Waals surface area contributed by atoms with Crippen LogP contribution in [-0.4, -0.2) is 23.4 Å². The molecule has 0 fully saturated rings. The van der Waals surface area contributed by atoms with E-state index < -0.39 is 5.97 Å². The number of ether oxygens (including phenoxy) is 2. The Balaban J connectivity index is 1.38. The number of rotatable bonds is 9. The maximum absolute atomic E-state index is 11.9. The van der Waals surface area contributed by atoms with E-state index in [2.05, 4.69) is 10.3 Å². The van der Waals surface area contributed by atoms with Gasteiger partial charge in [0, 0.05) is 24.0 Å². The Morgan fingerprint density at radius 3 is 2.40 bits per heavy atom. The fraction of sp³-hybridized carbons (Fsp3) is 0.125. The lowest BCUT2D eigenvalue weighted by molar-refractivity contribution is -0.144. The van der Waals surface area contributed by atoms with Crippen molar-refractivity contribution in [2.75, 3.05) is 6.54 Å². The summed E-state index contributed by atoms with van der Waals surface area (Å²) in [5.74, 6) is -0.138. The molecule has 0 radical (unpaired) electrons. The number of hydrogen-bond acceptors (Lipinski definition) is 5. The zero-order valence-electron chi connectivity index (χ0n) is 16.4. The topological polar surface area (TPSA) is 77.5 Å². The molecule has 1 heterocycles. The third-order valence-corrected chi connectivity index (χ3v) is 4.09. The molecule has 6 nitrogen and oxygen atoms in total. The number of amides is 1. The lowest BCUT2D eigenvalue weighted by atomic mass is 10.2. The first-order chi connectivity index (χ1) is 14.7. The molecule has 0 aliphatic rings. The minimum Gasteiger partial charge on any atom is -0.489 e. The van der Waals surface area contributed by atoms with Crippen molar-refractivity contribution in [3.8, 4) is 5.75 Å². The normalized spacial score (nSPS) is 10.5. The molecule has 0 atom stereocenters. The third-order valence-electron chi connectivity index (χ3n) is 4.09. The van der Waals surface area contributed by atoms with Crippen molar-refractivity contribution in [1.82, 2.24) is 10.3 Å². The van der Waals surface area contributed by atoms with Gasteiger partial charge in [-0.15, -0.1) is 0 Å². The molecular weight excluding hydrogens is 380 g/mol. The van der Waals surface area contributed by atoms with Crippen LogP contribution in [0.1, 0.15) is 16.7 Å². The molecule has 0 spiro atoms. The van der Waals surface area contributed by atoms with Crippen LogP contribution in [0, 0.1) is 0 Å². The third kappa shape index (κ3) is 7.24. The Morgan fingerprint density at radius 1 is 0.900 bits per heavy atom. The second kappa shape index (κ2) is 11.2. The highest BCUT2D eigenvalue weighted by molar-refractivity contribution is 5.93. The summed E-state index contributed by atoms with van der Waals surface area (Å²) in [6, 6.07) is 20.5. The average molecular weight is 402 g/mol. The summed E-state index contributed by atoms with van der Waals surface area (Å²) in [4.78, 5) is 27.6. The highest BCUT2D eigenvalue weighted by Gasteiger charge is 2.05. The van der Waals surface area contributed by atoms with Crippen molar-refractivity contribution < 1.29 is 19.1 Å². The number of carbonyl (C=O) groups is 2. The van der Waals surface area contributed by atoms with Gasteiger partial charge in [0.2, 0.25) is 5.91 Å². The van der Waals surface area contributed by atoms with E-state index in [1.165, 1.54) is 6.08 Å². The summed E-state index contributed by atoms with van der Waals surface area (Å²) in [7, 11) is 0. The van der Waals surface area contributed by atoms with Gasteiger partial charge in [0.15, 0.2) is 0 Å². The Kier molecular flexibility index (Phi) is 7.74. The zero-order valence-corrected chi connectivity index (χ0v) is 16.4. The molecule has 3 aromatic rings. The number of esters is 1. The maximum Gasteiger partial charge on any atom is 0.325 e. The molecule has 0 saturated heterocycles. The van der Waals surface area contributed by atoms with Gasteiger partial charge < -0.3 is 14.8 Å². The van der Waals surface area contributed by atoms with Crippen LogP contribution in [0.4, 0.5) is 0 Å². The fourth-order valence-corrected chi connectivity index (χ4v) is 2.50. The molecule has 6 heteroatoms. The van der Waals surface area contributed by atoms with E-state index in [4.69, 9.17) is 9.47 Å². The lowest BCUT2D eigenvalue weighted by Crippen LogP contribution is -2.29.